The van der Waals surface area contributed by atoms with Gasteiger partial charge in [0.1, 0.15) is 16.9 Å². The van der Waals surface area contributed by atoms with Crippen LogP contribution in [0.4, 0.5) is 20.8 Å². The molecular formula is C25H23FN6O2S. The van der Waals surface area contributed by atoms with Crippen molar-refractivity contribution in [2.45, 2.75) is 19.4 Å². The summed E-state index contributed by atoms with van der Waals surface area (Å²) in [5.74, 6) is -2.17. The van der Waals surface area contributed by atoms with Crippen molar-refractivity contribution < 1.29 is 14.0 Å². The molecule has 4 aromatic rings. The number of nitrogens with zero attached hydrogens (tertiary/aromatic N) is 2. The van der Waals surface area contributed by atoms with E-state index in [-0.39, 0.29) is 23.4 Å². The van der Waals surface area contributed by atoms with Gasteiger partial charge in [0, 0.05) is 18.8 Å². The van der Waals surface area contributed by atoms with E-state index in [1.807, 2.05) is 43.3 Å². The zero-order valence-corrected chi connectivity index (χ0v) is 19.6. The predicted molar refractivity (Wildman–Crippen MR) is 135 cm³/mol. The summed E-state index contributed by atoms with van der Waals surface area (Å²) in [7, 11) is 0. The first kappa shape index (κ1) is 23.8. The zero-order chi connectivity index (χ0) is 24.9. The highest BCUT2D eigenvalue weighted by atomic mass is 32.1. The number of benzene rings is 2. The SMILES string of the molecule is Cc1cc(Nc2cc(N[C@H](Cc3ccc(-c4ccncc4)cc3)C(N)=O)c(F)cc2C(N)=O)sn1. The molecule has 0 spiro atoms. The Hall–Kier alpha value is -4.31. The first-order valence-electron chi connectivity index (χ1n) is 10.7. The summed E-state index contributed by atoms with van der Waals surface area (Å²) in [5.41, 5.74) is 15.0. The Morgan fingerprint density at radius 3 is 2.29 bits per heavy atom. The zero-order valence-electron chi connectivity index (χ0n) is 18.8. The number of carbonyl (C=O) groups is 2. The molecule has 2 heterocycles. The van der Waals surface area contributed by atoms with E-state index in [9.17, 15) is 14.0 Å². The fraction of sp³-hybridized carbons (Fsp3) is 0.120. The number of primary amides is 2. The topological polar surface area (TPSA) is 136 Å². The van der Waals surface area contributed by atoms with Crippen LogP contribution < -0.4 is 22.1 Å². The Labute approximate surface area is 205 Å². The third-order valence-electron chi connectivity index (χ3n) is 5.34. The van der Waals surface area contributed by atoms with Crippen molar-refractivity contribution in [3.8, 4) is 11.1 Å². The number of pyridine rings is 1. The Balaban J connectivity index is 1.57. The molecule has 4 rings (SSSR count). The number of hydrogen-bond acceptors (Lipinski definition) is 7. The van der Waals surface area contributed by atoms with Gasteiger partial charge in [0.2, 0.25) is 5.91 Å². The molecule has 1 atom stereocenters. The van der Waals surface area contributed by atoms with E-state index in [1.54, 1.807) is 18.5 Å². The van der Waals surface area contributed by atoms with Crippen molar-refractivity contribution in [2.24, 2.45) is 11.5 Å². The molecule has 6 N–H and O–H groups in total. The Morgan fingerprint density at radius 1 is 1.00 bits per heavy atom. The Kier molecular flexibility index (Phi) is 7.02. The minimum absolute atomic E-state index is 0.0101. The largest absolute Gasteiger partial charge is 0.371 e. The van der Waals surface area contributed by atoms with E-state index < -0.39 is 23.7 Å². The van der Waals surface area contributed by atoms with Gasteiger partial charge >= 0.3 is 0 Å². The van der Waals surface area contributed by atoms with Gasteiger partial charge in [-0.2, -0.15) is 4.37 Å². The lowest BCUT2D eigenvalue weighted by Gasteiger charge is -2.19. The van der Waals surface area contributed by atoms with Crippen LogP contribution in [0.2, 0.25) is 0 Å². The summed E-state index contributed by atoms with van der Waals surface area (Å²) >= 11 is 1.19. The van der Waals surface area contributed by atoms with Crippen LogP contribution in [-0.4, -0.2) is 27.2 Å². The van der Waals surface area contributed by atoms with Gasteiger partial charge in [-0.1, -0.05) is 24.3 Å². The van der Waals surface area contributed by atoms with E-state index in [2.05, 4.69) is 20.0 Å². The van der Waals surface area contributed by atoms with Crippen LogP contribution in [0.3, 0.4) is 0 Å². The number of rotatable bonds is 9. The smallest absolute Gasteiger partial charge is 0.250 e. The van der Waals surface area contributed by atoms with E-state index in [4.69, 9.17) is 11.5 Å². The van der Waals surface area contributed by atoms with Gasteiger partial charge in [-0.25, -0.2) is 4.39 Å². The van der Waals surface area contributed by atoms with Gasteiger partial charge in [0.15, 0.2) is 0 Å². The number of nitrogens with one attached hydrogen (secondary N) is 2. The van der Waals surface area contributed by atoms with Crippen LogP contribution in [-0.2, 0) is 11.2 Å². The standard InChI is InChI=1S/C25H23FN6O2S/c1-14-10-23(35-32-14)31-20-13-21(19(26)12-18(20)24(27)33)30-22(25(28)34)11-15-2-4-16(5-3-15)17-6-8-29-9-7-17/h2-10,12-13,22,30-31H,11H2,1H3,(H2,27,33)(H2,28,34)/t22-/m1/s1. The average Bonchev–Trinajstić information content (AvgIpc) is 3.25. The second-order valence-corrected chi connectivity index (χ2v) is 8.74. The molecule has 0 bridgehead atoms. The maximum Gasteiger partial charge on any atom is 0.250 e. The summed E-state index contributed by atoms with van der Waals surface area (Å²) in [6.07, 6.45) is 3.67. The highest BCUT2D eigenvalue weighted by Crippen LogP contribution is 2.30. The quantitative estimate of drug-likeness (QED) is 0.280. The minimum atomic E-state index is -0.894. The normalized spacial score (nSPS) is 11.6. The molecule has 2 aromatic heterocycles. The van der Waals surface area contributed by atoms with Gasteiger partial charge < -0.3 is 22.1 Å². The minimum Gasteiger partial charge on any atom is -0.371 e. The Bertz CT molecular complexity index is 1360. The summed E-state index contributed by atoms with van der Waals surface area (Å²) < 4.78 is 19.1. The van der Waals surface area contributed by atoms with Crippen molar-refractivity contribution >= 4 is 39.7 Å². The van der Waals surface area contributed by atoms with Gasteiger partial charge in [0.05, 0.1) is 22.6 Å². The number of halogens is 1. The summed E-state index contributed by atoms with van der Waals surface area (Å²) in [4.78, 5) is 28.1. The average molecular weight is 491 g/mol. The fourth-order valence-electron chi connectivity index (χ4n) is 3.57. The van der Waals surface area contributed by atoms with Crippen LogP contribution in [0, 0.1) is 12.7 Å². The number of aryl methyl sites for hydroxylation is 1. The number of anilines is 3. The van der Waals surface area contributed by atoms with Crippen LogP contribution in [0.5, 0.6) is 0 Å². The number of hydrogen-bond donors (Lipinski definition) is 4. The predicted octanol–water partition coefficient (Wildman–Crippen LogP) is 4.00. The molecule has 2 aromatic carbocycles. The number of carbonyl (C=O) groups excluding carboxylic acids is 2. The lowest BCUT2D eigenvalue weighted by molar-refractivity contribution is -0.118. The molecule has 0 aliphatic heterocycles. The van der Waals surface area contributed by atoms with Crippen LogP contribution >= 0.6 is 11.5 Å². The lowest BCUT2D eigenvalue weighted by atomic mass is 10.0. The molecule has 0 radical (unpaired) electrons. The van der Waals surface area contributed by atoms with Crippen LogP contribution in [0.25, 0.3) is 11.1 Å². The first-order chi connectivity index (χ1) is 16.8. The summed E-state index contributed by atoms with van der Waals surface area (Å²) in [6.45, 7) is 1.83. The molecule has 35 heavy (non-hydrogen) atoms. The second kappa shape index (κ2) is 10.3. The molecule has 0 unspecified atom stereocenters. The van der Waals surface area contributed by atoms with Crippen molar-refractivity contribution in [3.63, 3.8) is 0 Å². The molecule has 0 saturated heterocycles. The van der Waals surface area contributed by atoms with Crippen molar-refractivity contribution in [1.82, 2.24) is 9.36 Å². The molecular weight excluding hydrogens is 467 g/mol. The van der Waals surface area contributed by atoms with Crippen molar-refractivity contribution in [1.29, 1.82) is 0 Å². The summed E-state index contributed by atoms with van der Waals surface area (Å²) in [6, 6.07) is 14.8. The lowest BCUT2D eigenvalue weighted by Crippen LogP contribution is -2.37. The van der Waals surface area contributed by atoms with E-state index in [0.29, 0.717) is 5.00 Å². The maximum absolute atomic E-state index is 14.9. The Morgan fingerprint density at radius 2 is 1.69 bits per heavy atom. The monoisotopic (exact) mass is 490 g/mol. The van der Waals surface area contributed by atoms with Crippen molar-refractivity contribution in [2.75, 3.05) is 10.6 Å². The van der Waals surface area contributed by atoms with Crippen molar-refractivity contribution in [3.05, 3.63) is 89.6 Å². The maximum atomic E-state index is 14.9. The van der Waals surface area contributed by atoms with E-state index >= 15 is 0 Å². The molecule has 10 heteroatoms. The number of aromatic nitrogens is 2. The van der Waals surface area contributed by atoms with E-state index in [1.165, 1.54) is 17.6 Å². The van der Waals surface area contributed by atoms with Gasteiger partial charge in [-0.05, 0) is 65.5 Å². The summed E-state index contributed by atoms with van der Waals surface area (Å²) in [5, 5.41) is 6.58. The molecule has 0 aliphatic carbocycles. The molecule has 8 nitrogen and oxygen atoms in total. The van der Waals surface area contributed by atoms with Gasteiger partial charge in [0.25, 0.3) is 5.91 Å². The molecule has 178 valence electrons. The van der Waals surface area contributed by atoms with E-state index in [0.717, 1.165) is 28.5 Å². The van der Waals surface area contributed by atoms with Crippen LogP contribution in [0.1, 0.15) is 21.6 Å². The molecule has 2 amide bonds. The fourth-order valence-corrected chi connectivity index (χ4v) is 4.24. The van der Waals surface area contributed by atoms with Gasteiger partial charge in [-0.15, -0.1) is 0 Å². The highest BCUT2D eigenvalue weighted by molar-refractivity contribution is 7.10. The third kappa shape index (κ3) is 5.79. The number of amides is 2. The molecule has 0 fully saturated rings. The third-order valence-corrected chi connectivity index (χ3v) is 6.13. The first-order valence-corrected chi connectivity index (χ1v) is 11.5. The number of nitrogens with two attached hydrogens (primary N) is 2. The second-order valence-electron chi connectivity index (χ2n) is 7.94. The van der Waals surface area contributed by atoms with Gasteiger partial charge in [-0.3, -0.25) is 14.6 Å². The van der Waals surface area contributed by atoms with Crippen LogP contribution in [0.15, 0.2) is 67.0 Å². The highest BCUT2D eigenvalue weighted by Gasteiger charge is 2.21. The molecule has 0 aliphatic rings. The molecule has 0 saturated carbocycles.